The second kappa shape index (κ2) is 8.71. The van der Waals surface area contributed by atoms with Gasteiger partial charge in [0.2, 0.25) is 11.8 Å². The van der Waals surface area contributed by atoms with E-state index >= 15 is 0 Å². The molecule has 23 heavy (non-hydrogen) atoms. The van der Waals surface area contributed by atoms with Crippen molar-refractivity contribution < 1.29 is 29.7 Å². The fourth-order valence-electron chi connectivity index (χ4n) is 1.72. The van der Waals surface area contributed by atoms with Crippen LogP contribution in [0.2, 0.25) is 0 Å². The summed E-state index contributed by atoms with van der Waals surface area (Å²) in [5.74, 6) is -2.60. The van der Waals surface area contributed by atoms with Gasteiger partial charge in [-0.15, -0.1) is 0 Å². The van der Waals surface area contributed by atoms with E-state index in [0.717, 1.165) is 0 Å². The van der Waals surface area contributed by atoms with Gasteiger partial charge >= 0.3 is 5.97 Å². The largest absolute Gasteiger partial charge is 0.508 e. The van der Waals surface area contributed by atoms with E-state index in [4.69, 9.17) is 15.9 Å². The molecule has 0 saturated carbocycles. The van der Waals surface area contributed by atoms with E-state index in [-0.39, 0.29) is 12.2 Å². The predicted octanol–water partition coefficient (Wildman–Crippen LogP) is -2.06. The molecule has 9 heteroatoms. The lowest BCUT2D eigenvalue weighted by Crippen LogP contribution is -2.53. The molecule has 1 aromatic carbocycles. The van der Waals surface area contributed by atoms with Crippen LogP contribution in [0.15, 0.2) is 24.3 Å². The Balaban J connectivity index is 2.82. The van der Waals surface area contributed by atoms with Crippen LogP contribution in [0.4, 0.5) is 0 Å². The average Bonchev–Trinajstić information content (AvgIpc) is 2.52. The van der Waals surface area contributed by atoms with Crippen molar-refractivity contribution in [1.82, 2.24) is 10.6 Å². The van der Waals surface area contributed by atoms with Gasteiger partial charge in [-0.05, 0) is 17.7 Å². The normalized spacial score (nSPS) is 13.0. The second-order valence-electron chi connectivity index (χ2n) is 4.83. The number of aliphatic hydroxyl groups excluding tert-OH is 1. The molecule has 0 fully saturated rings. The highest BCUT2D eigenvalue weighted by Crippen LogP contribution is 2.11. The second-order valence-corrected chi connectivity index (χ2v) is 4.83. The van der Waals surface area contributed by atoms with Gasteiger partial charge in [0, 0.05) is 6.42 Å². The van der Waals surface area contributed by atoms with Gasteiger partial charge in [-0.2, -0.15) is 0 Å². The first-order valence-corrected chi connectivity index (χ1v) is 6.77. The van der Waals surface area contributed by atoms with Crippen molar-refractivity contribution in [3.63, 3.8) is 0 Å². The Morgan fingerprint density at radius 3 is 2.26 bits per heavy atom. The highest BCUT2D eigenvalue weighted by atomic mass is 16.4. The number of aliphatic carboxylic acids is 1. The summed E-state index contributed by atoms with van der Waals surface area (Å²) in [7, 11) is 0. The number of phenols is 1. The summed E-state index contributed by atoms with van der Waals surface area (Å²) >= 11 is 0. The van der Waals surface area contributed by atoms with Crippen molar-refractivity contribution in [2.75, 3.05) is 13.2 Å². The predicted molar refractivity (Wildman–Crippen MR) is 79.4 cm³/mol. The number of hydrogen-bond donors (Lipinski definition) is 6. The number of aromatic hydroxyl groups is 1. The van der Waals surface area contributed by atoms with Crippen LogP contribution < -0.4 is 16.4 Å². The van der Waals surface area contributed by atoms with Gasteiger partial charge in [-0.1, -0.05) is 12.1 Å². The number of rotatable bonds is 8. The summed E-state index contributed by atoms with van der Waals surface area (Å²) in [6.07, 6.45) is 0.0651. The van der Waals surface area contributed by atoms with Crippen LogP contribution in [0, 0.1) is 0 Å². The minimum absolute atomic E-state index is 0.0481. The molecule has 0 aromatic heterocycles. The quantitative estimate of drug-likeness (QED) is 0.320. The Kier molecular flexibility index (Phi) is 6.97. The van der Waals surface area contributed by atoms with Gasteiger partial charge in [0.15, 0.2) is 0 Å². The molecular weight excluding hydrogens is 306 g/mol. The number of amides is 2. The molecule has 1 rings (SSSR count). The number of benzene rings is 1. The molecule has 1 aromatic rings. The summed E-state index contributed by atoms with van der Waals surface area (Å²) < 4.78 is 0. The highest BCUT2D eigenvalue weighted by molar-refractivity contribution is 5.91. The number of carbonyl (C=O) groups is 3. The minimum Gasteiger partial charge on any atom is -0.508 e. The van der Waals surface area contributed by atoms with Crippen molar-refractivity contribution in [2.24, 2.45) is 5.73 Å². The number of carboxylic acids is 1. The average molecular weight is 325 g/mol. The van der Waals surface area contributed by atoms with Crippen LogP contribution in [0.3, 0.4) is 0 Å². The van der Waals surface area contributed by atoms with Gasteiger partial charge in [0.25, 0.3) is 0 Å². The molecule has 7 N–H and O–H groups in total. The minimum atomic E-state index is -1.22. The van der Waals surface area contributed by atoms with E-state index in [9.17, 15) is 19.5 Å². The number of carboxylic acid groups (broad SMARTS) is 1. The van der Waals surface area contributed by atoms with Crippen LogP contribution in [-0.4, -0.2) is 58.3 Å². The number of aliphatic hydroxyl groups is 1. The zero-order valence-electron chi connectivity index (χ0n) is 12.2. The summed E-state index contributed by atoms with van der Waals surface area (Å²) in [5, 5.41) is 31.2. The molecule has 0 spiro atoms. The third-order valence-electron chi connectivity index (χ3n) is 2.96. The standard InChI is InChI=1S/C14H19N3O6/c15-10(7-18)13(22)17-11(14(23)16-6-12(20)21)5-8-1-3-9(19)4-2-8/h1-4,10-11,18-19H,5-7,15H2,(H,16,23)(H,17,22)(H,20,21)/t10-,11-/m0/s1. The molecule has 0 unspecified atom stereocenters. The molecule has 0 aliphatic carbocycles. The van der Waals surface area contributed by atoms with Crippen molar-refractivity contribution >= 4 is 17.8 Å². The van der Waals surface area contributed by atoms with Crippen LogP contribution in [0.5, 0.6) is 5.75 Å². The first-order chi connectivity index (χ1) is 10.8. The topological polar surface area (TPSA) is 162 Å². The summed E-state index contributed by atoms with van der Waals surface area (Å²) in [6, 6.07) is 3.70. The van der Waals surface area contributed by atoms with Crippen LogP contribution in [0.25, 0.3) is 0 Å². The SMILES string of the molecule is N[C@@H](CO)C(=O)N[C@@H](Cc1ccc(O)cc1)C(=O)NCC(=O)O. The summed E-state index contributed by atoms with van der Waals surface area (Å²) in [6.45, 7) is -1.18. The Hall–Kier alpha value is -2.65. The van der Waals surface area contributed by atoms with Crippen molar-refractivity contribution in [3.05, 3.63) is 29.8 Å². The Labute approximate surface area is 132 Å². The zero-order valence-corrected chi connectivity index (χ0v) is 12.2. The number of nitrogens with two attached hydrogens (primary N) is 1. The molecule has 0 aliphatic rings. The summed E-state index contributed by atoms with van der Waals surface area (Å²) in [5.41, 5.74) is 6.01. The van der Waals surface area contributed by atoms with Crippen LogP contribution in [0.1, 0.15) is 5.56 Å². The Bertz CT molecular complexity index is 560. The van der Waals surface area contributed by atoms with Gasteiger partial charge in [-0.3, -0.25) is 14.4 Å². The molecule has 0 radical (unpaired) electrons. The Morgan fingerprint density at radius 2 is 1.74 bits per heavy atom. The maximum absolute atomic E-state index is 12.0. The van der Waals surface area contributed by atoms with E-state index in [0.29, 0.717) is 5.56 Å². The van der Waals surface area contributed by atoms with Crippen molar-refractivity contribution in [2.45, 2.75) is 18.5 Å². The van der Waals surface area contributed by atoms with Gasteiger partial charge < -0.3 is 31.7 Å². The number of phenolic OH excluding ortho intramolecular Hbond substituents is 1. The van der Waals surface area contributed by atoms with Gasteiger partial charge in [-0.25, -0.2) is 0 Å². The van der Waals surface area contributed by atoms with Crippen molar-refractivity contribution in [3.8, 4) is 5.75 Å². The lowest BCUT2D eigenvalue weighted by Gasteiger charge is -2.20. The molecule has 2 atom stereocenters. The van der Waals surface area contributed by atoms with E-state index in [1.165, 1.54) is 12.1 Å². The maximum atomic E-state index is 12.0. The molecule has 2 amide bonds. The molecule has 126 valence electrons. The highest BCUT2D eigenvalue weighted by Gasteiger charge is 2.24. The lowest BCUT2D eigenvalue weighted by atomic mass is 10.0. The first kappa shape index (κ1) is 18.4. The third-order valence-corrected chi connectivity index (χ3v) is 2.96. The maximum Gasteiger partial charge on any atom is 0.322 e. The fourth-order valence-corrected chi connectivity index (χ4v) is 1.72. The van der Waals surface area contributed by atoms with Gasteiger partial charge in [0.05, 0.1) is 6.61 Å². The van der Waals surface area contributed by atoms with Gasteiger partial charge in [0.1, 0.15) is 24.4 Å². The molecular formula is C14H19N3O6. The summed E-state index contributed by atoms with van der Waals surface area (Å²) in [4.78, 5) is 34.3. The number of carbonyl (C=O) groups excluding carboxylic acids is 2. The smallest absolute Gasteiger partial charge is 0.322 e. The van der Waals surface area contributed by atoms with E-state index in [2.05, 4.69) is 10.6 Å². The molecule has 0 bridgehead atoms. The van der Waals surface area contributed by atoms with Crippen molar-refractivity contribution in [1.29, 1.82) is 0 Å². The van der Waals surface area contributed by atoms with Crippen LogP contribution >= 0.6 is 0 Å². The molecule has 0 heterocycles. The van der Waals surface area contributed by atoms with E-state index < -0.39 is 43.0 Å². The monoisotopic (exact) mass is 325 g/mol. The van der Waals surface area contributed by atoms with Crippen LogP contribution in [-0.2, 0) is 20.8 Å². The molecule has 0 aliphatic heterocycles. The zero-order chi connectivity index (χ0) is 17.4. The molecule has 9 nitrogen and oxygen atoms in total. The van der Waals surface area contributed by atoms with E-state index in [1.54, 1.807) is 12.1 Å². The number of hydrogen-bond acceptors (Lipinski definition) is 6. The molecule has 0 saturated heterocycles. The number of nitrogens with one attached hydrogen (secondary N) is 2. The lowest BCUT2D eigenvalue weighted by molar-refractivity contribution is -0.138. The Morgan fingerprint density at radius 1 is 1.13 bits per heavy atom. The first-order valence-electron chi connectivity index (χ1n) is 6.77. The van der Waals surface area contributed by atoms with E-state index in [1.807, 2.05) is 0 Å². The third kappa shape index (κ3) is 6.32. The fraction of sp³-hybridized carbons (Fsp3) is 0.357.